The normalized spacial score (nSPS) is 28.8. The van der Waals surface area contributed by atoms with Crippen molar-refractivity contribution in [2.75, 3.05) is 13.2 Å². The molecule has 1 aliphatic rings. The van der Waals surface area contributed by atoms with E-state index in [4.69, 9.17) is 8.92 Å². The molecule has 19 heavy (non-hydrogen) atoms. The van der Waals surface area contributed by atoms with Gasteiger partial charge in [-0.3, -0.25) is 4.18 Å². The van der Waals surface area contributed by atoms with E-state index in [0.29, 0.717) is 6.61 Å². The molecule has 0 aromatic rings. The monoisotopic (exact) mass is 293 g/mol. The van der Waals surface area contributed by atoms with Gasteiger partial charge in [-0.15, -0.1) is 0 Å². The standard InChI is InChI=1S/C13H27NO4S/c1-7-11-8-18-19(15,16)14(13(4,5)6)12(11)9-17-10(2)3/h10-12H,7-9H2,1-6H3. The summed E-state index contributed by atoms with van der Waals surface area (Å²) in [5.41, 5.74) is -0.516. The first kappa shape index (κ1) is 16.9. The number of hydrogen-bond acceptors (Lipinski definition) is 4. The minimum absolute atomic E-state index is 0.0878. The third kappa shape index (κ3) is 4.15. The Kier molecular flexibility index (Phi) is 5.40. The quantitative estimate of drug-likeness (QED) is 0.797. The minimum Gasteiger partial charge on any atom is -0.377 e. The third-order valence-corrected chi connectivity index (χ3v) is 5.04. The van der Waals surface area contributed by atoms with E-state index in [1.807, 2.05) is 34.6 Å². The molecule has 0 aromatic heterocycles. The smallest absolute Gasteiger partial charge is 0.339 e. The Hall–Kier alpha value is -0.170. The van der Waals surface area contributed by atoms with Crippen LogP contribution in [-0.4, -0.2) is 43.6 Å². The molecule has 1 heterocycles. The van der Waals surface area contributed by atoms with E-state index in [-0.39, 0.29) is 24.7 Å². The van der Waals surface area contributed by atoms with Gasteiger partial charge in [0.05, 0.1) is 25.4 Å². The lowest BCUT2D eigenvalue weighted by molar-refractivity contribution is -0.0221. The van der Waals surface area contributed by atoms with Crippen molar-refractivity contribution in [2.45, 2.75) is 65.6 Å². The predicted octanol–water partition coefficient (Wildman–Crippen LogP) is 2.18. The lowest BCUT2D eigenvalue weighted by Crippen LogP contribution is -2.60. The molecular weight excluding hydrogens is 266 g/mol. The van der Waals surface area contributed by atoms with E-state index >= 15 is 0 Å². The first-order valence-corrected chi connectivity index (χ1v) is 8.26. The fourth-order valence-electron chi connectivity index (χ4n) is 2.42. The van der Waals surface area contributed by atoms with Crippen molar-refractivity contribution in [3.8, 4) is 0 Å². The fourth-order valence-corrected chi connectivity index (χ4v) is 4.11. The van der Waals surface area contributed by atoms with Gasteiger partial charge in [-0.25, -0.2) is 0 Å². The van der Waals surface area contributed by atoms with Crippen LogP contribution >= 0.6 is 0 Å². The van der Waals surface area contributed by atoms with Crippen molar-refractivity contribution >= 4 is 10.3 Å². The summed E-state index contributed by atoms with van der Waals surface area (Å²) >= 11 is 0. The van der Waals surface area contributed by atoms with Crippen LogP contribution in [0.5, 0.6) is 0 Å². The molecule has 0 amide bonds. The van der Waals surface area contributed by atoms with Crippen molar-refractivity contribution in [1.29, 1.82) is 0 Å². The van der Waals surface area contributed by atoms with Crippen LogP contribution in [0.3, 0.4) is 0 Å². The SMILES string of the molecule is CCC1COS(=O)(=O)N(C(C)(C)C)C1COC(C)C. The second-order valence-corrected chi connectivity index (χ2v) is 7.81. The Morgan fingerprint density at radius 1 is 1.37 bits per heavy atom. The second kappa shape index (κ2) is 6.08. The van der Waals surface area contributed by atoms with Gasteiger partial charge in [0.25, 0.3) is 0 Å². The summed E-state index contributed by atoms with van der Waals surface area (Å²) in [6.45, 7) is 12.3. The lowest BCUT2D eigenvalue weighted by atomic mass is 9.95. The van der Waals surface area contributed by atoms with Crippen molar-refractivity contribution in [3.05, 3.63) is 0 Å². The minimum atomic E-state index is -3.67. The molecule has 0 radical (unpaired) electrons. The molecule has 2 unspecified atom stereocenters. The maximum atomic E-state index is 12.2. The molecule has 114 valence electrons. The molecule has 1 aliphatic heterocycles. The van der Waals surface area contributed by atoms with Crippen molar-refractivity contribution in [2.24, 2.45) is 5.92 Å². The van der Waals surface area contributed by atoms with Gasteiger partial charge in [0.2, 0.25) is 0 Å². The van der Waals surface area contributed by atoms with Gasteiger partial charge in [0.15, 0.2) is 0 Å². The van der Waals surface area contributed by atoms with Crippen molar-refractivity contribution in [3.63, 3.8) is 0 Å². The zero-order valence-electron chi connectivity index (χ0n) is 12.8. The summed E-state index contributed by atoms with van der Waals surface area (Å²) < 4.78 is 36.6. The van der Waals surface area contributed by atoms with Gasteiger partial charge < -0.3 is 4.74 Å². The second-order valence-electron chi connectivity index (χ2n) is 6.33. The average Bonchev–Trinajstić information content (AvgIpc) is 2.23. The van der Waals surface area contributed by atoms with Gasteiger partial charge in [-0.2, -0.15) is 12.7 Å². The zero-order valence-corrected chi connectivity index (χ0v) is 13.7. The number of nitrogens with zero attached hydrogens (tertiary/aromatic N) is 1. The fraction of sp³-hybridized carbons (Fsp3) is 1.00. The number of hydrogen-bond donors (Lipinski definition) is 0. The predicted molar refractivity (Wildman–Crippen MR) is 75.1 cm³/mol. The van der Waals surface area contributed by atoms with Crippen LogP contribution in [0.2, 0.25) is 0 Å². The Morgan fingerprint density at radius 3 is 2.37 bits per heavy atom. The van der Waals surface area contributed by atoms with Crippen LogP contribution in [-0.2, 0) is 19.2 Å². The highest BCUT2D eigenvalue weighted by molar-refractivity contribution is 7.84. The van der Waals surface area contributed by atoms with Crippen molar-refractivity contribution < 1.29 is 17.3 Å². The molecule has 5 nitrogen and oxygen atoms in total. The van der Waals surface area contributed by atoms with Gasteiger partial charge in [-0.1, -0.05) is 6.92 Å². The Morgan fingerprint density at radius 2 is 1.95 bits per heavy atom. The van der Waals surface area contributed by atoms with E-state index in [2.05, 4.69) is 6.92 Å². The summed E-state index contributed by atoms with van der Waals surface area (Å²) in [4.78, 5) is 0. The molecule has 0 saturated carbocycles. The molecule has 1 rings (SSSR count). The number of rotatable bonds is 4. The van der Waals surface area contributed by atoms with Gasteiger partial charge >= 0.3 is 10.3 Å². The van der Waals surface area contributed by atoms with E-state index in [1.54, 1.807) is 0 Å². The van der Waals surface area contributed by atoms with Crippen LogP contribution in [0.25, 0.3) is 0 Å². The largest absolute Gasteiger partial charge is 0.377 e. The van der Waals surface area contributed by atoms with Crippen LogP contribution in [0, 0.1) is 5.92 Å². The molecule has 0 bridgehead atoms. The highest BCUT2D eigenvalue weighted by Gasteiger charge is 2.46. The van der Waals surface area contributed by atoms with Crippen LogP contribution in [0.1, 0.15) is 48.0 Å². The molecular formula is C13H27NO4S. The topological polar surface area (TPSA) is 55.8 Å². The summed E-state index contributed by atoms with van der Waals surface area (Å²) in [5, 5.41) is 0. The molecule has 0 N–H and O–H groups in total. The maximum Gasteiger partial charge on any atom is 0.339 e. The average molecular weight is 293 g/mol. The Bertz CT molecular complexity index is 386. The molecule has 2 atom stereocenters. The lowest BCUT2D eigenvalue weighted by Gasteiger charge is -2.45. The Balaban J connectivity index is 3.05. The highest BCUT2D eigenvalue weighted by atomic mass is 32.2. The van der Waals surface area contributed by atoms with Crippen LogP contribution in [0.15, 0.2) is 0 Å². The maximum absolute atomic E-state index is 12.2. The van der Waals surface area contributed by atoms with E-state index in [1.165, 1.54) is 4.31 Å². The van der Waals surface area contributed by atoms with E-state index in [0.717, 1.165) is 6.42 Å². The molecule has 0 spiro atoms. The molecule has 6 heteroatoms. The first-order chi connectivity index (χ1) is 8.59. The molecule has 1 saturated heterocycles. The molecule has 1 fully saturated rings. The van der Waals surface area contributed by atoms with Crippen molar-refractivity contribution in [1.82, 2.24) is 4.31 Å². The van der Waals surface area contributed by atoms with E-state index in [9.17, 15) is 8.42 Å². The van der Waals surface area contributed by atoms with Gasteiger partial charge in [-0.05, 0) is 41.0 Å². The van der Waals surface area contributed by atoms with Gasteiger partial charge in [0.1, 0.15) is 0 Å². The third-order valence-electron chi connectivity index (χ3n) is 3.30. The summed E-state index contributed by atoms with van der Waals surface area (Å²) in [6.07, 6.45) is 0.957. The summed E-state index contributed by atoms with van der Waals surface area (Å²) in [5.74, 6) is 0.168. The van der Waals surface area contributed by atoms with Crippen LogP contribution in [0.4, 0.5) is 0 Å². The summed E-state index contributed by atoms with van der Waals surface area (Å²) in [7, 11) is -3.67. The van der Waals surface area contributed by atoms with Gasteiger partial charge in [0, 0.05) is 11.5 Å². The highest BCUT2D eigenvalue weighted by Crippen LogP contribution is 2.33. The zero-order chi connectivity index (χ0) is 14.8. The van der Waals surface area contributed by atoms with Crippen LogP contribution < -0.4 is 0 Å². The summed E-state index contributed by atoms with van der Waals surface area (Å²) in [6, 6.07) is -0.161. The molecule has 0 aliphatic carbocycles. The van der Waals surface area contributed by atoms with E-state index < -0.39 is 15.8 Å². The molecule has 0 aromatic carbocycles. The number of ether oxygens (including phenoxy) is 1. The Labute approximate surface area is 117 Å². The first-order valence-electron chi connectivity index (χ1n) is 6.90.